The Bertz CT molecular complexity index is 1690. The lowest BCUT2D eigenvalue weighted by Gasteiger charge is -2.48. The molecular formula is C50H82NO12Si. The summed E-state index contributed by atoms with van der Waals surface area (Å²) >= 11 is 0. The first-order chi connectivity index (χ1) is 29.9. The quantitative estimate of drug-likeness (QED) is 0.103. The number of allylic oxidation sites excluding steroid dienone is 3. The van der Waals surface area contributed by atoms with Crippen LogP contribution in [0.15, 0.2) is 36.0 Å². The van der Waals surface area contributed by atoms with Gasteiger partial charge in [-0.2, -0.15) is 0 Å². The van der Waals surface area contributed by atoms with Gasteiger partial charge >= 0.3 is 5.97 Å². The lowest BCUT2D eigenvalue weighted by molar-refractivity contribution is -0.302. The smallest absolute Gasteiger partial charge is 0.329 e. The first-order valence-corrected chi connectivity index (χ1v) is 26.1. The van der Waals surface area contributed by atoms with Gasteiger partial charge in [-0.05, 0) is 108 Å². The molecule has 13 nitrogen and oxygen atoms in total. The third kappa shape index (κ3) is 12.9. The number of ether oxygens (including phenoxy) is 5. The van der Waals surface area contributed by atoms with Crippen molar-refractivity contribution in [2.75, 3.05) is 27.9 Å². The van der Waals surface area contributed by atoms with E-state index in [0.29, 0.717) is 50.5 Å². The minimum absolute atomic E-state index is 0.00539. The van der Waals surface area contributed by atoms with Gasteiger partial charge in [0.15, 0.2) is 0 Å². The van der Waals surface area contributed by atoms with Crippen molar-refractivity contribution in [1.82, 2.24) is 4.90 Å². The van der Waals surface area contributed by atoms with Crippen molar-refractivity contribution in [2.24, 2.45) is 35.0 Å². The number of esters is 1. The van der Waals surface area contributed by atoms with Gasteiger partial charge in [0.1, 0.15) is 24.0 Å². The van der Waals surface area contributed by atoms with Crippen molar-refractivity contribution < 1.29 is 57.5 Å². The molecule has 3 heterocycles. The number of hydrogen-bond acceptors (Lipinski definition) is 12. The van der Waals surface area contributed by atoms with E-state index in [9.17, 15) is 29.4 Å². The summed E-state index contributed by atoms with van der Waals surface area (Å²) in [6.07, 6.45) is 6.16. The highest BCUT2D eigenvalue weighted by Crippen LogP contribution is 2.46. The Balaban J connectivity index is 1.85. The predicted octanol–water partition coefficient (Wildman–Crippen LogP) is 7.33. The zero-order valence-corrected chi connectivity index (χ0v) is 42.3. The highest BCUT2D eigenvalue weighted by atomic mass is 28.3. The molecule has 2 bridgehead atoms. The van der Waals surface area contributed by atoms with E-state index in [1.165, 1.54) is 19.1 Å². The number of amides is 1. The molecule has 14 heteroatoms. The topological polar surface area (TPSA) is 167 Å². The molecule has 0 aromatic heterocycles. The first kappa shape index (κ1) is 54.0. The Morgan fingerprint density at radius 1 is 0.984 bits per heavy atom. The fourth-order valence-electron chi connectivity index (χ4n) is 11.0. The van der Waals surface area contributed by atoms with Gasteiger partial charge in [-0.25, -0.2) is 4.79 Å². The summed E-state index contributed by atoms with van der Waals surface area (Å²) in [5.41, 5.74) is 0.848. The van der Waals surface area contributed by atoms with Gasteiger partial charge in [-0.15, -0.1) is 6.58 Å². The molecule has 1 amide bonds. The van der Waals surface area contributed by atoms with Crippen LogP contribution in [0.25, 0.3) is 0 Å². The number of Topliss-reactive ketones (excluding diaryl/α,β-unsaturated/α-hetero) is 2. The maximum absolute atomic E-state index is 14.7. The molecule has 1 radical (unpaired) electrons. The van der Waals surface area contributed by atoms with E-state index in [2.05, 4.69) is 47.4 Å². The van der Waals surface area contributed by atoms with Crippen LogP contribution in [0.5, 0.6) is 0 Å². The van der Waals surface area contributed by atoms with E-state index in [0.717, 1.165) is 12.0 Å². The van der Waals surface area contributed by atoms with Crippen molar-refractivity contribution in [3.05, 3.63) is 36.0 Å². The van der Waals surface area contributed by atoms with Crippen molar-refractivity contribution >= 4 is 32.5 Å². The van der Waals surface area contributed by atoms with Gasteiger partial charge in [-0.1, -0.05) is 65.3 Å². The van der Waals surface area contributed by atoms with Crippen LogP contribution in [0.3, 0.4) is 0 Å². The van der Waals surface area contributed by atoms with Crippen LogP contribution in [0.1, 0.15) is 126 Å². The Labute approximate surface area is 385 Å². The number of aliphatic hydroxyl groups excluding tert-OH is 1. The van der Waals surface area contributed by atoms with E-state index in [4.69, 9.17) is 28.1 Å². The molecule has 0 aromatic rings. The molecule has 363 valence electrons. The van der Waals surface area contributed by atoms with Gasteiger partial charge in [0.25, 0.3) is 11.7 Å². The van der Waals surface area contributed by atoms with Gasteiger partial charge in [0.2, 0.25) is 14.8 Å². The second kappa shape index (κ2) is 23.0. The Kier molecular flexibility index (Phi) is 19.4. The third-order valence-corrected chi connectivity index (χ3v) is 15.3. The van der Waals surface area contributed by atoms with Crippen molar-refractivity contribution in [3.63, 3.8) is 0 Å². The van der Waals surface area contributed by atoms with Crippen LogP contribution in [0, 0.1) is 35.0 Å². The molecule has 2 saturated heterocycles. The molecule has 4 rings (SSSR count). The molecule has 4 aliphatic rings. The minimum Gasteiger partial charge on any atom is -0.456 e. The maximum atomic E-state index is 14.7. The van der Waals surface area contributed by atoms with E-state index >= 15 is 0 Å². The van der Waals surface area contributed by atoms with E-state index in [-0.39, 0.29) is 54.9 Å². The highest BCUT2D eigenvalue weighted by molar-refractivity contribution is 6.48. The lowest BCUT2D eigenvalue weighted by Crippen LogP contribution is -2.64. The first-order valence-electron chi connectivity index (χ1n) is 23.7. The monoisotopic (exact) mass is 917 g/mol. The molecule has 1 aliphatic carbocycles. The summed E-state index contributed by atoms with van der Waals surface area (Å²) in [5.74, 6) is -7.50. The number of rotatable bonds is 9. The van der Waals surface area contributed by atoms with Crippen LogP contribution >= 0.6 is 0 Å². The minimum atomic E-state index is -2.52. The second-order valence-electron chi connectivity index (χ2n) is 20.9. The molecule has 2 N–H and O–H groups in total. The zero-order chi connectivity index (χ0) is 47.9. The summed E-state index contributed by atoms with van der Waals surface area (Å²) in [6.45, 7) is 24.1. The summed E-state index contributed by atoms with van der Waals surface area (Å²) in [7, 11) is 3.55. The summed E-state index contributed by atoms with van der Waals surface area (Å²) in [4.78, 5) is 58.9. The van der Waals surface area contributed by atoms with Crippen molar-refractivity contribution in [1.29, 1.82) is 0 Å². The van der Waals surface area contributed by atoms with E-state index < -0.39 is 92.4 Å². The van der Waals surface area contributed by atoms with Gasteiger partial charge in [-0.3, -0.25) is 14.4 Å². The highest BCUT2D eigenvalue weighted by Gasteiger charge is 2.57. The van der Waals surface area contributed by atoms with Crippen molar-refractivity contribution in [2.45, 2.75) is 193 Å². The molecule has 0 aromatic carbocycles. The number of aliphatic hydroxyl groups is 2. The van der Waals surface area contributed by atoms with Crippen molar-refractivity contribution in [3.8, 4) is 0 Å². The van der Waals surface area contributed by atoms with E-state index in [1.54, 1.807) is 27.0 Å². The molecular weight excluding hydrogens is 835 g/mol. The van der Waals surface area contributed by atoms with Crippen LogP contribution in [-0.2, 0) is 47.3 Å². The van der Waals surface area contributed by atoms with Crippen LogP contribution in [-0.4, -0.2) is 130 Å². The number of carbonyl (C=O) groups excluding carboxylic acids is 4. The zero-order valence-electron chi connectivity index (χ0n) is 41.3. The lowest BCUT2D eigenvalue weighted by atomic mass is 9.66. The number of nitrogens with zero attached hydrogens (tertiary/aromatic N) is 1. The normalized spacial score (nSPS) is 38.5. The largest absolute Gasteiger partial charge is 0.456 e. The number of fused-ring (bicyclic) bond motifs is 3. The molecule has 14 unspecified atom stereocenters. The fourth-order valence-corrected chi connectivity index (χ4v) is 12.0. The number of piperidine rings is 1. The predicted molar refractivity (Wildman–Crippen MR) is 247 cm³/mol. The summed E-state index contributed by atoms with van der Waals surface area (Å²) in [6, 6.07) is -1.16. The maximum Gasteiger partial charge on any atom is 0.329 e. The molecule has 1 saturated carbocycles. The van der Waals surface area contributed by atoms with Gasteiger partial charge in [0, 0.05) is 58.5 Å². The average molecular weight is 917 g/mol. The fraction of sp³-hybridized carbons (Fsp3) is 0.800. The SMILES string of the molecule is C=CCC1C=C(C)CC(C)CC(OC)C2OC(O)(C(=O)C(=O)N3CCCCC3C(=O)OC(C(C)=CC3(O[Si](C)C)CCC(C(C)(C)C)C(OC)C3)C(C)C(O)CC1=O)C(C)CC2OC. The molecule has 3 aliphatic heterocycles. The average Bonchev–Trinajstić information content (AvgIpc) is 3.23. The standard InChI is InChI=1S/C50H82NO12Si/c1-15-18-35-24-30(2)23-31(3)25-40(58-10)44-41(59-11)26-33(5)50(57,62-44)45(54)46(55)51-22-17-16-19-37(51)47(56)61-43(34(6)38(52)27-39(35)53)32(4)28-49(63-64(13)14)21-20-36(48(7,8)9)42(29-49)60-12/h15,24,28,31,33-38,40-44,52,57H,1,16-23,25-27,29H2,2-14H3. The Hall–Kier alpha value is -2.56. The van der Waals surface area contributed by atoms with Crippen LogP contribution in [0.4, 0.5) is 0 Å². The number of hydrogen-bond donors (Lipinski definition) is 2. The Morgan fingerprint density at radius 2 is 1.62 bits per heavy atom. The molecule has 3 fully saturated rings. The number of methoxy groups -OCH3 is 3. The Morgan fingerprint density at radius 3 is 2.22 bits per heavy atom. The summed E-state index contributed by atoms with van der Waals surface area (Å²) in [5, 5.41) is 24.2. The van der Waals surface area contributed by atoms with Gasteiger partial charge < -0.3 is 43.2 Å². The number of carbonyl (C=O) groups is 4. The third-order valence-electron chi connectivity index (χ3n) is 14.5. The van der Waals surface area contributed by atoms with E-state index in [1.807, 2.05) is 26.0 Å². The molecule has 64 heavy (non-hydrogen) atoms. The number of cyclic esters (lactones) is 1. The second-order valence-corrected chi connectivity index (χ2v) is 22.9. The van der Waals surface area contributed by atoms with Crippen LogP contribution in [0.2, 0.25) is 13.1 Å². The molecule has 0 spiro atoms. The van der Waals surface area contributed by atoms with Crippen LogP contribution < -0.4 is 0 Å². The number of ketones is 2. The summed E-state index contributed by atoms with van der Waals surface area (Å²) < 4.78 is 37.6. The van der Waals surface area contributed by atoms with Gasteiger partial charge in [0.05, 0.1) is 30.0 Å². The molecule has 14 atom stereocenters.